The van der Waals surface area contributed by atoms with Gasteiger partial charge >= 0.3 is 12.0 Å². The van der Waals surface area contributed by atoms with Gasteiger partial charge in [-0.3, -0.25) is 4.79 Å². The number of nitrogens with one attached hydrogen (secondary N) is 2. The summed E-state index contributed by atoms with van der Waals surface area (Å²) in [5.41, 5.74) is -0.0101. The standard InChI is InChI=1S/C9H18N2O3/c1-6(7(12)13)11-8(14)10-5-9(2,3)4/h6H,5H2,1-4H3,(H,12,13)(H2,10,11,14)/t6-/m1/s1. The molecule has 0 aromatic carbocycles. The summed E-state index contributed by atoms with van der Waals surface area (Å²) in [6.45, 7) is 7.86. The summed E-state index contributed by atoms with van der Waals surface area (Å²) in [5, 5.41) is 13.4. The number of carboxylic acids is 1. The van der Waals surface area contributed by atoms with Crippen molar-refractivity contribution < 1.29 is 14.7 Å². The lowest BCUT2D eigenvalue weighted by molar-refractivity contribution is -0.138. The quantitative estimate of drug-likeness (QED) is 0.633. The second kappa shape index (κ2) is 4.83. The van der Waals surface area contributed by atoms with Crippen LogP contribution in [0, 0.1) is 5.41 Å². The Labute approximate surface area is 83.9 Å². The van der Waals surface area contributed by atoms with Crippen LogP contribution < -0.4 is 10.6 Å². The number of carboxylic acid groups (broad SMARTS) is 1. The zero-order valence-electron chi connectivity index (χ0n) is 9.05. The number of hydrogen-bond donors (Lipinski definition) is 3. The van der Waals surface area contributed by atoms with E-state index >= 15 is 0 Å². The van der Waals surface area contributed by atoms with Gasteiger partial charge in [0.05, 0.1) is 0 Å². The number of carbonyl (C=O) groups excluding carboxylic acids is 1. The Morgan fingerprint density at radius 2 is 1.86 bits per heavy atom. The topological polar surface area (TPSA) is 78.4 Å². The highest BCUT2D eigenvalue weighted by molar-refractivity contribution is 5.82. The van der Waals surface area contributed by atoms with Crippen molar-refractivity contribution in [1.29, 1.82) is 0 Å². The van der Waals surface area contributed by atoms with Gasteiger partial charge in [0, 0.05) is 6.54 Å². The van der Waals surface area contributed by atoms with Gasteiger partial charge in [-0.15, -0.1) is 0 Å². The van der Waals surface area contributed by atoms with E-state index in [9.17, 15) is 9.59 Å². The first-order chi connectivity index (χ1) is 6.22. The van der Waals surface area contributed by atoms with Crippen molar-refractivity contribution in [3.63, 3.8) is 0 Å². The van der Waals surface area contributed by atoms with E-state index in [4.69, 9.17) is 5.11 Å². The highest BCUT2D eigenvalue weighted by Gasteiger charge is 2.15. The van der Waals surface area contributed by atoms with E-state index in [1.807, 2.05) is 20.8 Å². The lowest BCUT2D eigenvalue weighted by Crippen LogP contribution is -2.46. The largest absolute Gasteiger partial charge is 0.480 e. The van der Waals surface area contributed by atoms with Gasteiger partial charge in [-0.05, 0) is 12.3 Å². The molecule has 1 atom stereocenters. The molecule has 0 unspecified atom stereocenters. The van der Waals surface area contributed by atoms with Gasteiger partial charge in [0.15, 0.2) is 0 Å². The minimum Gasteiger partial charge on any atom is -0.480 e. The Kier molecular flexibility index (Phi) is 4.40. The van der Waals surface area contributed by atoms with Crippen molar-refractivity contribution >= 4 is 12.0 Å². The Morgan fingerprint density at radius 3 is 2.21 bits per heavy atom. The van der Waals surface area contributed by atoms with E-state index in [2.05, 4.69) is 10.6 Å². The van der Waals surface area contributed by atoms with Gasteiger partial charge in [-0.2, -0.15) is 0 Å². The van der Waals surface area contributed by atoms with E-state index in [0.29, 0.717) is 6.54 Å². The summed E-state index contributed by atoms with van der Waals surface area (Å²) in [7, 11) is 0. The van der Waals surface area contributed by atoms with Crippen LogP contribution in [0.25, 0.3) is 0 Å². The fourth-order valence-corrected chi connectivity index (χ4v) is 0.655. The van der Waals surface area contributed by atoms with Gasteiger partial charge in [-0.1, -0.05) is 20.8 Å². The number of hydrogen-bond acceptors (Lipinski definition) is 2. The summed E-state index contributed by atoms with van der Waals surface area (Å²) in [6.07, 6.45) is 0. The van der Waals surface area contributed by atoms with Gasteiger partial charge in [-0.25, -0.2) is 4.79 Å². The average molecular weight is 202 g/mol. The van der Waals surface area contributed by atoms with Crippen LogP contribution in [0.15, 0.2) is 0 Å². The molecule has 82 valence electrons. The SMILES string of the molecule is C[C@@H](NC(=O)NCC(C)(C)C)C(=O)O. The van der Waals surface area contributed by atoms with E-state index < -0.39 is 18.0 Å². The monoisotopic (exact) mass is 202 g/mol. The molecule has 2 amide bonds. The molecule has 0 aromatic heterocycles. The summed E-state index contributed by atoms with van der Waals surface area (Å²) in [6, 6.07) is -1.32. The van der Waals surface area contributed by atoms with E-state index in [1.165, 1.54) is 6.92 Å². The van der Waals surface area contributed by atoms with Crippen molar-refractivity contribution in [1.82, 2.24) is 10.6 Å². The number of carbonyl (C=O) groups is 2. The zero-order chi connectivity index (χ0) is 11.4. The van der Waals surface area contributed by atoms with Gasteiger partial charge in [0.1, 0.15) is 6.04 Å². The lowest BCUT2D eigenvalue weighted by Gasteiger charge is -2.19. The third-order valence-electron chi connectivity index (χ3n) is 1.50. The summed E-state index contributed by atoms with van der Waals surface area (Å²) < 4.78 is 0. The molecule has 0 spiro atoms. The third kappa shape index (κ3) is 6.28. The summed E-state index contributed by atoms with van der Waals surface area (Å²) in [4.78, 5) is 21.5. The normalized spacial score (nSPS) is 13.1. The number of rotatable bonds is 3. The highest BCUT2D eigenvalue weighted by Crippen LogP contribution is 2.09. The Morgan fingerprint density at radius 1 is 1.36 bits per heavy atom. The van der Waals surface area contributed by atoms with Crippen LogP contribution in [0.2, 0.25) is 0 Å². The maximum atomic E-state index is 11.1. The smallest absolute Gasteiger partial charge is 0.325 e. The molecule has 3 N–H and O–H groups in total. The number of amides is 2. The Bertz CT molecular complexity index is 221. The third-order valence-corrected chi connectivity index (χ3v) is 1.50. The zero-order valence-corrected chi connectivity index (χ0v) is 9.05. The maximum absolute atomic E-state index is 11.1. The van der Waals surface area contributed by atoms with Crippen molar-refractivity contribution in [2.24, 2.45) is 5.41 Å². The van der Waals surface area contributed by atoms with Crippen LogP contribution in [0.5, 0.6) is 0 Å². The molecule has 0 aromatic rings. The second-order valence-corrected chi connectivity index (χ2v) is 4.45. The molecule has 0 saturated carbocycles. The summed E-state index contributed by atoms with van der Waals surface area (Å²) in [5.74, 6) is -1.05. The minimum atomic E-state index is -1.05. The molecule has 0 aliphatic carbocycles. The van der Waals surface area contributed by atoms with Crippen molar-refractivity contribution in [3.05, 3.63) is 0 Å². The van der Waals surface area contributed by atoms with Gasteiger partial charge in [0.2, 0.25) is 0 Å². The highest BCUT2D eigenvalue weighted by atomic mass is 16.4. The first-order valence-corrected chi connectivity index (χ1v) is 4.49. The van der Waals surface area contributed by atoms with Crippen molar-refractivity contribution in [3.8, 4) is 0 Å². The fraction of sp³-hybridized carbons (Fsp3) is 0.778. The molecule has 0 heterocycles. The molecule has 0 rings (SSSR count). The molecular weight excluding hydrogens is 184 g/mol. The predicted molar refractivity (Wildman–Crippen MR) is 53.1 cm³/mol. The first kappa shape index (κ1) is 12.7. The molecule has 0 aliphatic rings. The molecule has 0 fully saturated rings. The molecule has 14 heavy (non-hydrogen) atoms. The molecule has 5 heteroatoms. The maximum Gasteiger partial charge on any atom is 0.325 e. The number of aliphatic carboxylic acids is 1. The predicted octanol–water partition coefficient (Wildman–Crippen LogP) is 0.805. The van der Waals surface area contributed by atoms with Crippen molar-refractivity contribution in [2.75, 3.05) is 6.54 Å². The van der Waals surface area contributed by atoms with Crippen LogP contribution in [-0.4, -0.2) is 29.7 Å². The second-order valence-electron chi connectivity index (χ2n) is 4.45. The van der Waals surface area contributed by atoms with Crippen LogP contribution in [0.4, 0.5) is 4.79 Å². The fourth-order valence-electron chi connectivity index (χ4n) is 0.655. The lowest BCUT2D eigenvalue weighted by atomic mass is 9.97. The van der Waals surface area contributed by atoms with E-state index in [1.54, 1.807) is 0 Å². The van der Waals surface area contributed by atoms with Gasteiger partial charge < -0.3 is 15.7 Å². The van der Waals surface area contributed by atoms with Crippen LogP contribution >= 0.6 is 0 Å². The minimum absolute atomic E-state index is 0.0101. The van der Waals surface area contributed by atoms with Crippen LogP contribution in [0.1, 0.15) is 27.7 Å². The van der Waals surface area contributed by atoms with Crippen LogP contribution in [-0.2, 0) is 4.79 Å². The summed E-state index contributed by atoms with van der Waals surface area (Å²) >= 11 is 0. The molecule has 0 aliphatic heterocycles. The molecule has 0 radical (unpaired) electrons. The first-order valence-electron chi connectivity index (χ1n) is 4.49. The molecule has 0 saturated heterocycles. The molecular formula is C9H18N2O3. The molecule has 0 bridgehead atoms. The van der Waals surface area contributed by atoms with E-state index in [0.717, 1.165) is 0 Å². The van der Waals surface area contributed by atoms with Gasteiger partial charge in [0.25, 0.3) is 0 Å². The Balaban J connectivity index is 3.83. The van der Waals surface area contributed by atoms with E-state index in [-0.39, 0.29) is 5.41 Å². The molecule has 5 nitrogen and oxygen atoms in total. The van der Waals surface area contributed by atoms with Crippen LogP contribution in [0.3, 0.4) is 0 Å². The Hall–Kier alpha value is -1.26. The average Bonchev–Trinajstić information content (AvgIpc) is 1.99. The number of urea groups is 1. The van der Waals surface area contributed by atoms with Crippen molar-refractivity contribution in [2.45, 2.75) is 33.7 Å².